The van der Waals surface area contributed by atoms with Crippen LogP contribution in [-0.2, 0) is 6.54 Å². The van der Waals surface area contributed by atoms with E-state index in [1.807, 2.05) is 0 Å². The van der Waals surface area contributed by atoms with Gasteiger partial charge < -0.3 is 5.73 Å². The molecule has 0 amide bonds. The van der Waals surface area contributed by atoms with E-state index in [0.29, 0.717) is 6.54 Å². The van der Waals surface area contributed by atoms with Gasteiger partial charge in [0, 0.05) is 6.54 Å². The number of nitrogens with two attached hydrogens (primary N) is 1. The molecule has 0 unspecified atom stereocenters. The van der Waals surface area contributed by atoms with Gasteiger partial charge >= 0.3 is 0 Å². The van der Waals surface area contributed by atoms with Crippen molar-refractivity contribution in [2.45, 2.75) is 6.54 Å². The van der Waals surface area contributed by atoms with E-state index in [1.54, 1.807) is 0 Å². The Balaban J connectivity index is 1.33. The summed E-state index contributed by atoms with van der Waals surface area (Å²) in [6.07, 6.45) is 0. The van der Waals surface area contributed by atoms with E-state index in [9.17, 15) is 0 Å². The topological polar surface area (TPSA) is 26.0 Å². The minimum Gasteiger partial charge on any atom is -0.326 e. The molecule has 2 N–H and O–H groups in total. The minimum atomic E-state index is 0.499. The molecule has 0 saturated heterocycles. The van der Waals surface area contributed by atoms with Crippen LogP contribution < -0.4 is 5.73 Å². The zero-order valence-corrected chi connectivity index (χ0v) is 21.9. The second-order valence-corrected chi connectivity index (χ2v) is 11.1. The molecule has 186 valence electrons. The summed E-state index contributed by atoms with van der Waals surface area (Å²) in [5.74, 6) is 0. The average molecular weight is 508 g/mol. The predicted octanol–water partition coefficient (Wildman–Crippen LogP) is 10.3. The molecule has 0 fully saturated rings. The van der Waals surface area contributed by atoms with Crippen molar-refractivity contribution in [2.75, 3.05) is 0 Å². The summed E-state index contributed by atoms with van der Waals surface area (Å²) in [5, 5.41) is 15.7. The monoisotopic (exact) mass is 507 g/mol. The fourth-order valence-corrected chi connectivity index (χ4v) is 7.09. The van der Waals surface area contributed by atoms with Crippen LogP contribution in [0.3, 0.4) is 0 Å². The molecule has 0 aliphatic rings. The SMILES string of the molecule is NCc1cc(-c2ccc3ccc4cccc5ccc2c3c45)cc(-c2ccc3ccc4cccc5ccc2c3c45)c1. The molecular formula is C39H25N. The molecule has 0 aromatic heterocycles. The zero-order chi connectivity index (χ0) is 26.4. The third kappa shape index (κ3) is 2.96. The molecule has 1 nitrogen and oxygen atoms in total. The molecule has 0 spiro atoms. The van der Waals surface area contributed by atoms with Crippen LogP contribution in [0.2, 0.25) is 0 Å². The summed E-state index contributed by atoms with van der Waals surface area (Å²) in [4.78, 5) is 0. The van der Waals surface area contributed by atoms with Crippen LogP contribution in [0.5, 0.6) is 0 Å². The molecule has 0 aliphatic heterocycles. The molecule has 0 bridgehead atoms. The van der Waals surface area contributed by atoms with Crippen LogP contribution in [-0.4, -0.2) is 0 Å². The molecule has 0 aliphatic carbocycles. The van der Waals surface area contributed by atoms with Crippen LogP contribution in [0.1, 0.15) is 5.56 Å². The Hall–Kier alpha value is -4.98. The lowest BCUT2D eigenvalue weighted by Gasteiger charge is -2.17. The highest BCUT2D eigenvalue weighted by Gasteiger charge is 2.16. The van der Waals surface area contributed by atoms with Gasteiger partial charge in [-0.3, -0.25) is 0 Å². The van der Waals surface area contributed by atoms with Crippen LogP contribution in [0.15, 0.2) is 127 Å². The lowest BCUT2D eigenvalue weighted by Crippen LogP contribution is -1.98. The smallest absolute Gasteiger partial charge is 0.0178 e. The maximum Gasteiger partial charge on any atom is 0.0178 e. The first kappa shape index (κ1) is 21.9. The largest absolute Gasteiger partial charge is 0.326 e. The first-order valence-corrected chi connectivity index (χ1v) is 13.9. The summed E-state index contributed by atoms with van der Waals surface area (Å²) in [7, 11) is 0. The summed E-state index contributed by atoms with van der Waals surface area (Å²) in [6.45, 7) is 0.499. The number of hydrogen-bond acceptors (Lipinski definition) is 1. The molecule has 1 heteroatoms. The van der Waals surface area contributed by atoms with Crippen molar-refractivity contribution in [3.05, 3.63) is 133 Å². The lowest BCUT2D eigenvalue weighted by molar-refractivity contribution is 1.07. The van der Waals surface area contributed by atoms with E-state index >= 15 is 0 Å². The maximum absolute atomic E-state index is 6.31. The van der Waals surface area contributed by atoms with Gasteiger partial charge in [-0.2, -0.15) is 0 Å². The molecule has 0 atom stereocenters. The highest BCUT2D eigenvalue weighted by Crippen LogP contribution is 2.43. The standard InChI is InChI=1S/C39H25N/c40-22-23-19-30(32-15-11-28-9-7-24-3-1-5-26-13-17-34(32)38(28)36(24)26)21-31(20-23)33-16-12-29-10-8-25-4-2-6-27-14-18-35(33)39(29)37(25)27/h1-21H,22,40H2. The molecule has 9 aromatic rings. The molecule has 0 radical (unpaired) electrons. The van der Waals surface area contributed by atoms with Crippen LogP contribution in [0.4, 0.5) is 0 Å². The predicted molar refractivity (Wildman–Crippen MR) is 173 cm³/mol. The molecule has 40 heavy (non-hydrogen) atoms. The van der Waals surface area contributed by atoms with Crippen molar-refractivity contribution >= 4 is 64.6 Å². The molecular weight excluding hydrogens is 482 g/mol. The van der Waals surface area contributed by atoms with E-state index < -0.39 is 0 Å². The van der Waals surface area contributed by atoms with Gasteiger partial charge in [-0.05, 0) is 111 Å². The average Bonchev–Trinajstić information content (AvgIpc) is 3.02. The van der Waals surface area contributed by atoms with Gasteiger partial charge in [0.2, 0.25) is 0 Å². The van der Waals surface area contributed by atoms with Gasteiger partial charge in [0.05, 0.1) is 0 Å². The highest BCUT2D eigenvalue weighted by atomic mass is 14.5. The fourth-order valence-electron chi connectivity index (χ4n) is 7.09. The Morgan fingerprint density at radius 1 is 0.375 bits per heavy atom. The summed E-state index contributed by atoms with van der Waals surface area (Å²) in [6, 6.07) is 47.3. The van der Waals surface area contributed by atoms with Crippen molar-refractivity contribution in [1.82, 2.24) is 0 Å². The van der Waals surface area contributed by atoms with Crippen molar-refractivity contribution in [1.29, 1.82) is 0 Å². The number of benzene rings is 9. The van der Waals surface area contributed by atoms with Crippen molar-refractivity contribution in [3.8, 4) is 22.3 Å². The summed E-state index contributed by atoms with van der Waals surface area (Å²) >= 11 is 0. The van der Waals surface area contributed by atoms with Crippen molar-refractivity contribution < 1.29 is 0 Å². The Kier molecular flexibility index (Phi) is 4.39. The molecule has 9 aromatic carbocycles. The van der Waals surface area contributed by atoms with Crippen LogP contribution in [0.25, 0.3) is 86.9 Å². The fraction of sp³-hybridized carbons (Fsp3) is 0.0256. The van der Waals surface area contributed by atoms with Crippen molar-refractivity contribution in [2.24, 2.45) is 5.73 Å². The third-order valence-electron chi connectivity index (χ3n) is 8.91. The van der Waals surface area contributed by atoms with E-state index in [2.05, 4.69) is 127 Å². The normalized spacial score (nSPS) is 12.2. The van der Waals surface area contributed by atoms with Gasteiger partial charge in [-0.15, -0.1) is 0 Å². The Bertz CT molecular complexity index is 2210. The van der Waals surface area contributed by atoms with E-state index in [0.717, 1.165) is 5.56 Å². The molecule has 0 saturated carbocycles. The molecule has 0 heterocycles. The third-order valence-corrected chi connectivity index (χ3v) is 8.91. The number of hydrogen-bond donors (Lipinski definition) is 1. The summed E-state index contributed by atoms with van der Waals surface area (Å²) in [5.41, 5.74) is 12.4. The van der Waals surface area contributed by atoms with Gasteiger partial charge in [0.15, 0.2) is 0 Å². The first-order valence-electron chi connectivity index (χ1n) is 13.9. The first-order chi connectivity index (χ1) is 19.8. The second kappa shape index (κ2) is 8.02. The minimum absolute atomic E-state index is 0.499. The quantitative estimate of drug-likeness (QED) is 0.237. The molecule has 9 rings (SSSR count). The van der Waals surface area contributed by atoms with Crippen LogP contribution in [0, 0.1) is 0 Å². The zero-order valence-electron chi connectivity index (χ0n) is 21.9. The summed E-state index contributed by atoms with van der Waals surface area (Å²) < 4.78 is 0. The van der Waals surface area contributed by atoms with E-state index in [-0.39, 0.29) is 0 Å². The lowest BCUT2D eigenvalue weighted by atomic mass is 9.87. The Labute approximate surface area is 231 Å². The Morgan fingerprint density at radius 2 is 0.750 bits per heavy atom. The van der Waals surface area contributed by atoms with E-state index in [4.69, 9.17) is 5.73 Å². The van der Waals surface area contributed by atoms with Crippen LogP contribution >= 0.6 is 0 Å². The van der Waals surface area contributed by atoms with Gasteiger partial charge in [-0.25, -0.2) is 0 Å². The second-order valence-electron chi connectivity index (χ2n) is 11.1. The van der Waals surface area contributed by atoms with Gasteiger partial charge in [0.1, 0.15) is 0 Å². The van der Waals surface area contributed by atoms with Gasteiger partial charge in [0.25, 0.3) is 0 Å². The highest BCUT2D eigenvalue weighted by molar-refractivity contribution is 6.27. The maximum atomic E-state index is 6.31. The Morgan fingerprint density at radius 3 is 1.18 bits per heavy atom. The number of rotatable bonds is 3. The van der Waals surface area contributed by atoms with Gasteiger partial charge in [-0.1, -0.05) is 109 Å². The van der Waals surface area contributed by atoms with Crippen molar-refractivity contribution in [3.63, 3.8) is 0 Å². The van der Waals surface area contributed by atoms with E-state index in [1.165, 1.54) is 86.9 Å².